The summed E-state index contributed by atoms with van der Waals surface area (Å²) in [7, 11) is 0. The van der Waals surface area contributed by atoms with E-state index in [1.54, 1.807) is 6.92 Å². The number of anilines is 2. The molecule has 1 aromatic carbocycles. The van der Waals surface area contributed by atoms with Crippen LogP contribution in [0.1, 0.15) is 40.5 Å². The number of fused-ring (bicyclic) bond motifs is 1. The Morgan fingerprint density at radius 2 is 2.00 bits per heavy atom. The van der Waals surface area contributed by atoms with Crippen molar-refractivity contribution < 1.29 is 19.1 Å². The zero-order valence-corrected chi connectivity index (χ0v) is 15.0. The van der Waals surface area contributed by atoms with Gasteiger partial charge in [-0.2, -0.15) is 0 Å². The lowest BCUT2D eigenvalue weighted by molar-refractivity contribution is -0.122. The molecule has 2 amide bonds. The molecule has 1 fully saturated rings. The topological polar surface area (TPSA) is 88.7 Å². The molecule has 0 spiro atoms. The van der Waals surface area contributed by atoms with E-state index in [2.05, 4.69) is 16.0 Å². The van der Waals surface area contributed by atoms with Gasteiger partial charge in [-0.25, -0.2) is 4.79 Å². The Balaban J connectivity index is 1.48. The molecule has 136 valence electrons. The Hall–Kier alpha value is -2.44. The van der Waals surface area contributed by atoms with Crippen LogP contribution in [-0.2, 0) is 9.53 Å². The maximum atomic E-state index is 11.7. The van der Waals surface area contributed by atoms with Crippen molar-refractivity contribution in [3.8, 4) is 5.75 Å². The lowest BCUT2D eigenvalue weighted by Crippen LogP contribution is -2.50. The van der Waals surface area contributed by atoms with E-state index in [0.29, 0.717) is 11.4 Å². The summed E-state index contributed by atoms with van der Waals surface area (Å²) in [6, 6.07) is 6.04. The molecule has 2 aliphatic rings. The Kier molecular flexibility index (Phi) is 4.49. The molecular weight excluding hydrogens is 322 g/mol. The van der Waals surface area contributed by atoms with E-state index < -0.39 is 11.7 Å². The van der Waals surface area contributed by atoms with E-state index in [0.717, 1.165) is 18.5 Å². The van der Waals surface area contributed by atoms with E-state index in [1.165, 1.54) is 0 Å². The first-order chi connectivity index (χ1) is 11.7. The first kappa shape index (κ1) is 17.4. The molecule has 0 aromatic heterocycles. The third kappa shape index (κ3) is 4.35. The third-order valence-corrected chi connectivity index (χ3v) is 4.14. The maximum absolute atomic E-state index is 11.7. The monoisotopic (exact) mass is 347 g/mol. The third-order valence-electron chi connectivity index (χ3n) is 4.14. The molecule has 1 aliphatic heterocycles. The highest BCUT2D eigenvalue weighted by molar-refractivity contribution is 5.98. The van der Waals surface area contributed by atoms with Gasteiger partial charge in [-0.1, -0.05) is 0 Å². The van der Waals surface area contributed by atoms with Crippen molar-refractivity contribution in [2.45, 2.75) is 64.3 Å². The predicted octanol–water partition coefficient (Wildman–Crippen LogP) is 2.87. The van der Waals surface area contributed by atoms with Gasteiger partial charge in [0.2, 0.25) is 0 Å². The molecule has 3 N–H and O–H groups in total. The van der Waals surface area contributed by atoms with E-state index in [4.69, 9.17) is 9.47 Å². The number of amides is 2. The van der Waals surface area contributed by atoms with Crippen molar-refractivity contribution in [2.24, 2.45) is 0 Å². The zero-order chi connectivity index (χ0) is 18.2. The molecule has 1 aromatic rings. The number of carbonyl (C=O) groups excluding carboxylic acids is 2. The second-order valence-corrected chi connectivity index (χ2v) is 7.62. The Morgan fingerprint density at radius 1 is 1.28 bits per heavy atom. The molecule has 7 nitrogen and oxygen atoms in total. The summed E-state index contributed by atoms with van der Waals surface area (Å²) in [4.78, 5) is 23.4. The molecule has 1 heterocycles. The van der Waals surface area contributed by atoms with E-state index in [1.807, 2.05) is 39.0 Å². The molecule has 25 heavy (non-hydrogen) atoms. The highest BCUT2D eigenvalue weighted by Gasteiger charge is 2.32. The molecule has 1 unspecified atom stereocenters. The summed E-state index contributed by atoms with van der Waals surface area (Å²) in [5, 5.41) is 9.12. The molecular formula is C18H25N3O4. The number of nitrogens with one attached hydrogen (secondary N) is 3. The molecule has 1 atom stereocenters. The van der Waals surface area contributed by atoms with Gasteiger partial charge in [-0.05, 0) is 58.7 Å². The SMILES string of the molecule is CC1Oc2ccc(NC3CC(NC(=O)OC(C)(C)C)C3)cc2NC1=O. The molecule has 7 heteroatoms. The van der Waals surface area contributed by atoms with Gasteiger partial charge in [0.15, 0.2) is 6.10 Å². The lowest BCUT2D eigenvalue weighted by Gasteiger charge is -2.37. The van der Waals surface area contributed by atoms with Crippen molar-refractivity contribution in [1.82, 2.24) is 5.32 Å². The van der Waals surface area contributed by atoms with Gasteiger partial charge >= 0.3 is 6.09 Å². The fourth-order valence-electron chi connectivity index (χ4n) is 2.86. The number of benzene rings is 1. The average Bonchev–Trinajstić information content (AvgIpc) is 2.44. The van der Waals surface area contributed by atoms with Crippen LogP contribution in [0.5, 0.6) is 5.75 Å². The minimum absolute atomic E-state index is 0.119. The van der Waals surface area contributed by atoms with Crippen LogP contribution < -0.4 is 20.7 Å². The van der Waals surface area contributed by atoms with Crippen LogP contribution in [0.3, 0.4) is 0 Å². The van der Waals surface area contributed by atoms with Crippen molar-refractivity contribution in [3.05, 3.63) is 18.2 Å². The smallest absolute Gasteiger partial charge is 0.407 e. The number of hydrogen-bond donors (Lipinski definition) is 3. The molecule has 0 radical (unpaired) electrons. The highest BCUT2D eigenvalue weighted by atomic mass is 16.6. The predicted molar refractivity (Wildman–Crippen MR) is 95.0 cm³/mol. The van der Waals surface area contributed by atoms with E-state index >= 15 is 0 Å². The van der Waals surface area contributed by atoms with Gasteiger partial charge in [0.05, 0.1) is 5.69 Å². The number of carbonyl (C=O) groups is 2. The van der Waals surface area contributed by atoms with Gasteiger partial charge in [0.25, 0.3) is 5.91 Å². The Labute approximate surface area is 147 Å². The second kappa shape index (κ2) is 6.46. The molecule has 0 bridgehead atoms. The Morgan fingerprint density at radius 3 is 2.68 bits per heavy atom. The van der Waals surface area contributed by atoms with Crippen LogP contribution in [0, 0.1) is 0 Å². The summed E-state index contributed by atoms with van der Waals surface area (Å²) in [6.07, 6.45) is 0.809. The van der Waals surface area contributed by atoms with E-state index in [-0.39, 0.29) is 24.1 Å². The molecule has 1 saturated carbocycles. The molecule has 3 rings (SSSR count). The summed E-state index contributed by atoms with van der Waals surface area (Å²) < 4.78 is 10.8. The second-order valence-electron chi connectivity index (χ2n) is 7.62. The van der Waals surface area contributed by atoms with Crippen LogP contribution in [0.15, 0.2) is 18.2 Å². The normalized spacial score (nSPS) is 25.0. The van der Waals surface area contributed by atoms with Crippen LogP contribution in [-0.4, -0.2) is 35.8 Å². The summed E-state index contributed by atoms with van der Waals surface area (Å²) in [5.74, 6) is 0.533. The van der Waals surface area contributed by atoms with Crippen LogP contribution in [0.4, 0.5) is 16.2 Å². The number of hydrogen-bond acceptors (Lipinski definition) is 5. The largest absolute Gasteiger partial charge is 0.479 e. The zero-order valence-electron chi connectivity index (χ0n) is 15.0. The lowest BCUT2D eigenvalue weighted by atomic mass is 9.86. The van der Waals surface area contributed by atoms with E-state index in [9.17, 15) is 9.59 Å². The number of rotatable bonds is 3. The summed E-state index contributed by atoms with van der Waals surface area (Å²) in [6.45, 7) is 7.25. The van der Waals surface area contributed by atoms with Gasteiger partial charge in [0.1, 0.15) is 11.4 Å². The summed E-state index contributed by atoms with van der Waals surface area (Å²) >= 11 is 0. The van der Waals surface area contributed by atoms with Crippen molar-refractivity contribution in [3.63, 3.8) is 0 Å². The van der Waals surface area contributed by atoms with Gasteiger partial charge < -0.3 is 25.4 Å². The standard InChI is InChI=1S/C18H25N3O4/c1-10-16(22)21-14-9-11(5-6-15(14)24-10)19-12-7-13(8-12)20-17(23)25-18(2,3)4/h5-6,9-10,12-13,19H,7-8H2,1-4H3,(H,20,23)(H,21,22). The minimum atomic E-state index is -0.487. The van der Waals surface area contributed by atoms with Crippen molar-refractivity contribution >= 4 is 23.4 Å². The van der Waals surface area contributed by atoms with Gasteiger partial charge in [-0.3, -0.25) is 4.79 Å². The highest BCUT2D eigenvalue weighted by Crippen LogP contribution is 2.33. The van der Waals surface area contributed by atoms with Crippen LogP contribution in [0.2, 0.25) is 0 Å². The summed E-state index contributed by atoms with van der Waals surface area (Å²) in [5.41, 5.74) is 1.10. The first-order valence-electron chi connectivity index (χ1n) is 8.57. The van der Waals surface area contributed by atoms with Gasteiger partial charge in [0, 0.05) is 17.8 Å². The minimum Gasteiger partial charge on any atom is -0.479 e. The molecule has 1 aliphatic carbocycles. The van der Waals surface area contributed by atoms with Gasteiger partial charge in [-0.15, -0.1) is 0 Å². The average molecular weight is 347 g/mol. The fraction of sp³-hybridized carbons (Fsp3) is 0.556. The Bertz CT molecular complexity index is 677. The number of ether oxygens (including phenoxy) is 2. The van der Waals surface area contributed by atoms with Crippen LogP contribution in [0.25, 0.3) is 0 Å². The fourth-order valence-corrected chi connectivity index (χ4v) is 2.86. The molecule has 0 saturated heterocycles. The quantitative estimate of drug-likeness (QED) is 0.782. The number of alkyl carbamates (subject to hydrolysis) is 1. The first-order valence-corrected chi connectivity index (χ1v) is 8.57. The van der Waals surface area contributed by atoms with Crippen molar-refractivity contribution in [2.75, 3.05) is 10.6 Å². The van der Waals surface area contributed by atoms with Crippen LogP contribution >= 0.6 is 0 Å². The maximum Gasteiger partial charge on any atom is 0.407 e. The van der Waals surface area contributed by atoms with Crippen molar-refractivity contribution in [1.29, 1.82) is 0 Å².